The summed E-state index contributed by atoms with van der Waals surface area (Å²) in [5, 5.41) is 0. The van der Waals surface area contributed by atoms with Crippen molar-refractivity contribution in [2.45, 2.75) is 19.8 Å². The van der Waals surface area contributed by atoms with Crippen LogP contribution in [0.5, 0.6) is 11.5 Å². The van der Waals surface area contributed by atoms with Gasteiger partial charge in [0.05, 0.1) is 13.2 Å². The van der Waals surface area contributed by atoms with E-state index < -0.39 is 0 Å². The first-order valence-corrected chi connectivity index (χ1v) is 10.7. The maximum Gasteiger partial charge on any atom is 0.298 e. The van der Waals surface area contributed by atoms with Crippen LogP contribution in [0.15, 0.2) is 64.1 Å². The van der Waals surface area contributed by atoms with Crippen molar-refractivity contribution in [3.8, 4) is 22.6 Å². The molecule has 1 aromatic heterocycles. The van der Waals surface area contributed by atoms with E-state index in [2.05, 4.69) is 48.2 Å². The number of benzene rings is 2. The van der Waals surface area contributed by atoms with Gasteiger partial charge in [-0.15, -0.1) is 0 Å². The van der Waals surface area contributed by atoms with Gasteiger partial charge in [0.2, 0.25) is 0 Å². The van der Waals surface area contributed by atoms with Gasteiger partial charge in [-0.1, -0.05) is 31.2 Å². The molecule has 1 atom stereocenters. The molecule has 0 saturated heterocycles. The molecule has 0 bridgehead atoms. The largest absolute Gasteiger partial charge is 0.490 e. The summed E-state index contributed by atoms with van der Waals surface area (Å²) in [5.74, 6) is 2.24. The zero-order valence-electron chi connectivity index (χ0n) is 17.1. The molecule has 2 aliphatic heterocycles. The Bertz CT molecular complexity index is 1190. The first-order valence-electron chi connectivity index (χ1n) is 10.7. The maximum absolute atomic E-state index is 6.10. The highest BCUT2D eigenvalue weighted by molar-refractivity contribution is 5.82. The number of hydrogen-bond donors (Lipinski definition) is 0. The van der Waals surface area contributed by atoms with E-state index in [0.717, 1.165) is 59.7 Å². The normalized spacial score (nSPS) is 20.6. The van der Waals surface area contributed by atoms with Gasteiger partial charge in [-0.25, -0.2) is 0 Å². The molecule has 3 aromatic rings. The highest BCUT2D eigenvalue weighted by Crippen LogP contribution is 2.37. The molecule has 1 unspecified atom stereocenters. The van der Waals surface area contributed by atoms with E-state index in [1.54, 1.807) is 0 Å². The summed E-state index contributed by atoms with van der Waals surface area (Å²) in [4.78, 5) is 7.05. The van der Waals surface area contributed by atoms with Crippen molar-refractivity contribution < 1.29 is 13.9 Å². The molecule has 1 aliphatic carbocycles. The Balaban J connectivity index is 1.29. The monoisotopic (exact) mass is 400 g/mol. The first kappa shape index (κ1) is 17.6. The smallest absolute Gasteiger partial charge is 0.298 e. The highest BCUT2D eigenvalue weighted by Gasteiger charge is 2.27. The average Bonchev–Trinajstić information content (AvgIpc) is 3.29. The molecule has 0 saturated carbocycles. The van der Waals surface area contributed by atoms with Crippen LogP contribution in [0.2, 0.25) is 0 Å². The second kappa shape index (κ2) is 6.94. The van der Waals surface area contributed by atoms with Crippen LogP contribution in [0.4, 0.5) is 6.01 Å². The van der Waals surface area contributed by atoms with Crippen LogP contribution in [0.25, 0.3) is 22.2 Å². The van der Waals surface area contributed by atoms with Crippen LogP contribution < -0.4 is 14.4 Å². The second-order valence-corrected chi connectivity index (χ2v) is 8.42. The lowest BCUT2D eigenvalue weighted by atomic mass is 9.93. The minimum atomic E-state index is 0.616. The van der Waals surface area contributed by atoms with Crippen LogP contribution in [-0.2, 0) is 0 Å². The van der Waals surface area contributed by atoms with Crippen molar-refractivity contribution in [2.75, 3.05) is 31.2 Å². The second-order valence-electron chi connectivity index (χ2n) is 8.42. The number of aromatic nitrogens is 1. The molecule has 0 fully saturated rings. The Hall–Kier alpha value is -3.21. The molecule has 5 nitrogen and oxygen atoms in total. The van der Waals surface area contributed by atoms with E-state index in [1.165, 1.54) is 11.1 Å². The van der Waals surface area contributed by atoms with Gasteiger partial charge in [-0.2, -0.15) is 4.98 Å². The Kier molecular flexibility index (Phi) is 4.08. The van der Waals surface area contributed by atoms with Crippen molar-refractivity contribution in [1.82, 2.24) is 4.98 Å². The first-order chi connectivity index (χ1) is 14.7. The quantitative estimate of drug-likeness (QED) is 0.579. The highest BCUT2D eigenvalue weighted by atomic mass is 16.5. The molecule has 0 radical (unpaired) electrons. The van der Waals surface area contributed by atoms with E-state index in [4.69, 9.17) is 18.9 Å². The van der Waals surface area contributed by atoms with E-state index in [1.807, 2.05) is 12.1 Å². The summed E-state index contributed by atoms with van der Waals surface area (Å²) in [6.07, 6.45) is 6.61. The lowest BCUT2D eigenvalue weighted by Crippen LogP contribution is -2.20. The van der Waals surface area contributed by atoms with Gasteiger partial charge < -0.3 is 18.8 Å². The molecule has 152 valence electrons. The molecule has 6 rings (SSSR count). The van der Waals surface area contributed by atoms with Gasteiger partial charge in [-0.3, -0.25) is 0 Å². The van der Waals surface area contributed by atoms with Crippen LogP contribution in [-0.4, -0.2) is 31.3 Å². The van der Waals surface area contributed by atoms with E-state index in [9.17, 15) is 0 Å². The zero-order chi connectivity index (χ0) is 20.1. The van der Waals surface area contributed by atoms with Crippen LogP contribution in [0, 0.1) is 5.92 Å². The minimum absolute atomic E-state index is 0.616. The number of hydrogen-bond acceptors (Lipinski definition) is 5. The van der Waals surface area contributed by atoms with E-state index >= 15 is 0 Å². The SMILES string of the molecule is CC1C=CC2=C(C1)CN(c1nc3cc(-c4ccc5c(c4)OCCCO5)ccc3o1)C2. The summed E-state index contributed by atoms with van der Waals surface area (Å²) in [6, 6.07) is 13.0. The van der Waals surface area contributed by atoms with Crippen molar-refractivity contribution in [1.29, 1.82) is 0 Å². The van der Waals surface area contributed by atoms with E-state index in [0.29, 0.717) is 25.1 Å². The Morgan fingerprint density at radius 2 is 1.80 bits per heavy atom. The molecule has 3 heterocycles. The Labute approximate surface area is 175 Å². The van der Waals surface area contributed by atoms with Crippen molar-refractivity contribution in [2.24, 2.45) is 5.92 Å². The number of anilines is 1. The molecule has 0 amide bonds. The number of oxazole rings is 1. The summed E-state index contributed by atoms with van der Waals surface area (Å²) in [6.45, 7) is 5.43. The number of rotatable bonds is 2. The summed E-state index contributed by atoms with van der Waals surface area (Å²) in [7, 11) is 0. The summed E-state index contributed by atoms with van der Waals surface area (Å²) >= 11 is 0. The Morgan fingerprint density at radius 1 is 0.967 bits per heavy atom. The standard InChI is InChI=1S/C25H24N2O3/c1-16-3-4-19-14-27(15-20(19)11-16)25-26-21-12-17(5-7-22(21)30-25)18-6-8-23-24(13-18)29-10-2-9-28-23/h3-8,12-13,16H,2,9-11,14-15H2,1H3. The van der Waals surface area contributed by atoms with E-state index in [-0.39, 0.29) is 0 Å². The van der Waals surface area contributed by atoms with Gasteiger partial charge >= 0.3 is 0 Å². The Morgan fingerprint density at radius 3 is 2.73 bits per heavy atom. The fourth-order valence-corrected chi connectivity index (χ4v) is 4.52. The molecular formula is C25H24N2O3. The molecule has 0 N–H and O–H groups in total. The predicted octanol–water partition coefficient (Wildman–Crippen LogP) is 5.37. The molecule has 30 heavy (non-hydrogen) atoms. The van der Waals surface area contributed by atoms with Gasteiger partial charge in [-0.05, 0) is 58.9 Å². The molecule has 5 heteroatoms. The molecule has 2 aromatic carbocycles. The van der Waals surface area contributed by atoms with Gasteiger partial charge in [0, 0.05) is 19.5 Å². The summed E-state index contributed by atoms with van der Waals surface area (Å²) in [5.41, 5.74) is 6.81. The number of allylic oxidation sites excluding steroid dienone is 1. The van der Waals surface area contributed by atoms with Crippen LogP contribution in [0.3, 0.4) is 0 Å². The minimum Gasteiger partial charge on any atom is -0.490 e. The number of ether oxygens (including phenoxy) is 2. The number of fused-ring (bicyclic) bond motifs is 2. The lowest BCUT2D eigenvalue weighted by molar-refractivity contribution is 0.297. The number of nitrogens with zero attached hydrogens (tertiary/aromatic N) is 2. The van der Waals surface area contributed by atoms with Crippen molar-refractivity contribution >= 4 is 17.1 Å². The molecular weight excluding hydrogens is 376 g/mol. The van der Waals surface area contributed by atoms with Crippen LogP contribution >= 0.6 is 0 Å². The third-order valence-electron chi connectivity index (χ3n) is 6.12. The van der Waals surface area contributed by atoms with Crippen molar-refractivity contribution in [3.05, 3.63) is 59.7 Å². The fourth-order valence-electron chi connectivity index (χ4n) is 4.52. The third-order valence-corrected chi connectivity index (χ3v) is 6.12. The molecule has 0 spiro atoms. The average molecular weight is 400 g/mol. The lowest BCUT2D eigenvalue weighted by Gasteiger charge is -2.14. The summed E-state index contributed by atoms with van der Waals surface area (Å²) < 4.78 is 17.7. The maximum atomic E-state index is 6.10. The fraction of sp³-hybridized carbons (Fsp3) is 0.320. The predicted molar refractivity (Wildman–Crippen MR) is 117 cm³/mol. The van der Waals surface area contributed by atoms with Gasteiger partial charge in [0.15, 0.2) is 17.1 Å². The molecule has 3 aliphatic rings. The van der Waals surface area contributed by atoms with Gasteiger partial charge in [0.25, 0.3) is 6.01 Å². The van der Waals surface area contributed by atoms with Gasteiger partial charge in [0.1, 0.15) is 5.52 Å². The van der Waals surface area contributed by atoms with Crippen LogP contribution in [0.1, 0.15) is 19.8 Å². The topological polar surface area (TPSA) is 47.7 Å². The third kappa shape index (κ3) is 3.05. The van der Waals surface area contributed by atoms with Crippen molar-refractivity contribution in [3.63, 3.8) is 0 Å². The zero-order valence-corrected chi connectivity index (χ0v) is 17.1.